The molecule has 0 aliphatic heterocycles. The third-order valence-corrected chi connectivity index (χ3v) is 7.43. The zero-order valence-corrected chi connectivity index (χ0v) is 20.6. The molecule has 0 atom stereocenters. The molecule has 0 fully saturated rings. The number of nitrogens with zero attached hydrogens (tertiary/aromatic N) is 3. The van der Waals surface area contributed by atoms with Crippen molar-refractivity contribution < 1.29 is 27.4 Å². The molecule has 0 radical (unpaired) electrons. The van der Waals surface area contributed by atoms with Crippen molar-refractivity contribution in [1.29, 1.82) is 0 Å². The number of carbonyl (C=O) groups excluding carboxylic acids is 1. The van der Waals surface area contributed by atoms with Gasteiger partial charge >= 0.3 is 6.09 Å². The second-order valence-corrected chi connectivity index (χ2v) is 11.3. The lowest BCUT2D eigenvalue weighted by Crippen LogP contribution is -2.32. The molecule has 178 valence electrons. The van der Waals surface area contributed by atoms with Crippen molar-refractivity contribution in [3.8, 4) is 16.9 Å². The van der Waals surface area contributed by atoms with Crippen LogP contribution in [0.2, 0.25) is 0 Å². The lowest BCUT2D eigenvalue weighted by Gasteiger charge is -2.19. The number of hydrogen-bond acceptors (Lipinski definition) is 9. The minimum absolute atomic E-state index is 0.0527. The number of ether oxygens (including phenoxy) is 3. The first kappa shape index (κ1) is 24.7. The Kier molecular flexibility index (Phi) is 7.40. The molecule has 0 aliphatic carbocycles. The van der Waals surface area contributed by atoms with Gasteiger partial charge in [-0.1, -0.05) is 0 Å². The smallest absolute Gasteiger partial charge is 0.408 e. The first-order valence-electron chi connectivity index (χ1n) is 9.89. The molecule has 1 aromatic carbocycles. The van der Waals surface area contributed by atoms with E-state index in [4.69, 9.17) is 14.2 Å². The Morgan fingerprint density at radius 1 is 1.15 bits per heavy atom. The normalized spacial score (nSPS) is 11.9. The van der Waals surface area contributed by atoms with E-state index >= 15 is 0 Å². The van der Waals surface area contributed by atoms with Crippen molar-refractivity contribution in [1.82, 2.24) is 20.1 Å². The molecule has 0 aliphatic rings. The van der Waals surface area contributed by atoms with E-state index in [1.165, 1.54) is 19.4 Å². The van der Waals surface area contributed by atoms with Crippen LogP contribution in [0.25, 0.3) is 11.1 Å². The van der Waals surface area contributed by atoms with Crippen LogP contribution in [-0.4, -0.2) is 49.1 Å². The number of nitrogens with one attached hydrogen (secondary N) is 1. The molecule has 33 heavy (non-hydrogen) atoms. The van der Waals surface area contributed by atoms with Crippen molar-refractivity contribution in [2.75, 3.05) is 14.2 Å². The predicted octanol–water partition coefficient (Wildman–Crippen LogP) is 3.48. The number of carbonyl (C=O) groups is 1. The number of alkyl carbamates (subject to hydrolysis) is 1. The summed E-state index contributed by atoms with van der Waals surface area (Å²) < 4.78 is 43.8. The summed E-state index contributed by atoms with van der Waals surface area (Å²) in [6.45, 7) is 5.59. The average molecular weight is 495 g/mol. The second kappa shape index (κ2) is 9.89. The van der Waals surface area contributed by atoms with Gasteiger partial charge in [0.25, 0.3) is 0 Å². The van der Waals surface area contributed by atoms with Gasteiger partial charge in [0.05, 0.1) is 30.9 Å². The van der Waals surface area contributed by atoms with E-state index in [1.807, 2.05) is 0 Å². The van der Waals surface area contributed by atoms with E-state index in [2.05, 4.69) is 15.4 Å². The molecule has 2 heterocycles. The maximum atomic E-state index is 13.3. The lowest BCUT2D eigenvalue weighted by atomic mass is 10.1. The molecular formula is C21H26N4O6S2. The van der Waals surface area contributed by atoms with E-state index in [-0.39, 0.29) is 22.4 Å². The summed E-state index contributed by atoms with van der Waals surface area (Å²) >= 11 is 0.977. The minimum Gasteiger partial charge on any atom is -0.497 e. The van der Waals surface area contributed by atoms with Crippen molar-refractivity contribution in [3.63, 3.8) is 0 Å². The molecular weight excluding hydrogens is 468 g/mol. The Balaban J connectivity index is 1.84. The maximum Gasteiger partial charge on any atom is 0.408 e. The van der Waals surface area contributed by atoms with Crippen LogP contribution in [0.1, 0.15) is 25.8 Å². The summed E-state index contributed by atoms with van der Waals surface area (Å²) in [6.07, 6.45) is 4.05. The van der Waals surface area contributed by atoms with Gasteiger partial charge in [-0.2, -0.15) is 5.10 Å². The molecule has 0 saturated heterocycles. The molecule has 1 amide bonds. The maximum absolute atomic E-state index is 13.3. The molecule has 3 rings (SSSR count). The summed E-state index contributed by atoms with van der Waals surface area (Å²) in [7, 11) is -0.843. The zero-order chi connectivity index (χ0) is 24.2. The van der Waals surface area contributed by atoms with Gasteiger partial charge in [0, 0.05) is 18.9 Å². The first-order chi connectivity index (χ1) is 15.5. The molecule has 0 unspecified atom stereocenters. The van der Waals surface area contributed by atoms with E-state index in [0.29, 0.717) is 21.9 Å². The summed E-state index contributed by atoms with van der Waals surface area (Å²) in [6, 6.07) is 4.75. The number of sulfone groups is 1. The number of rotatable bonds is 8. The Morgan fingerprint density at radius 2 is 1.91 bits per heavy atom. The molecule has 3 aromatic rings. The molecule has 0 spiro atoms. The molecule has 2 aromatic heterocycles. The SMILES string of the molecule is COCn1cc(-c2cc(OC)cc(S(=O)(=O)c3cnc(CNC(=O)OC(C)(C)C)s3)c2)cn1. The van der Waals surface area contributed by atoms with Gasteiger partial charge in [-0.25, -0.2) is 22.9 Å². The summed E-state index contributed by atoms with van der Waals surface area (Å²) in [4.78, 5) is 16.0. The standard InChI is InChI=1S/C21H26N4O6S2/c1-21(2,3)31-20(26)23-10-18-22-11-19(32-18)33(27,28)17-7-14(6-16(8-17)30-5)15-9-24-25(12-15)13-29-4/h6-9,11-12H,10,13H2,1-5H3,(H,23,26). The van der Waals surface area contributed by atoms with E-state index < -0.39 is 21.5 Å². The first-order valence-corrected chi connectivity index (χ1v) is 12.2. The van der Waals surface area contributed by atoms with Crippen LogP contribution in [0.4, 0.5) is 4.79 Å². The molecule has 1 N–H and O–H groups in total. The fourth-order valence-corrected chi connectivity index (χ4v) is 5.39. The Bertz CT molecular complexity index is 1230. The fourth-order valence-electron chi connectivity index (χ4n) is 2.80. The predicted molar refractivity (Wildman–Crippen MR) is 122 cm³/mol. The summed E-state index contributed by atoms with van der Waals surface area (Å²) in [5.41, 5.74) is 0.714. The van der Waals surface area contributed by atoms with Gasteiger partial charge in [0.1, 0.15) is 27.3 Å². The number of hydrogen-bond donors (Lipinski definition) is 1. The van der Waals surface area contributed by atoms with Gasteiger partial charge in [-0.3, -0.25) is 0 Å². The summed E-state index contributed by atoms with van der Waals surface area (Å²) in [5, 5.41) is 7.20. The molecule has 10 nitrogen and oxygen atoms in total. The topological polar surface area (TPSA) is 122 Å². The van der Waals surface area contributed by atoms with Gasteiger partial charge in [0.15, 0.2) is 0 Å². The van der Waals surface area contributed by atoms with Crippen LogP contribution in [0.5, 0.6) is 5.75 Å². The second-order valence-electron chi connectivity index (χ2n) is 8.02. The highest BCUT2D eigenvalue weighted by Crippen LogP contribution is 2.33. The highest BCUT2D eigenvalue weighted by atomic mass is 32.2. The average Bonchev–Trinajstić information content (AvgIpc) is 3.41. The Labute approximate surface area is 196 Å². The summed E-state index contributed by atoms with van der Waals surface area (Å²) in [5.74, 6) is 0.391. The molecule has 0 bridgehead atoms. The van der Waals surface area contributed by atoms with E-state index in [1.54, 1.807) is 57.1 Å². The van der Waals surface area contributed by atoms with Crippen LogP contribution in [0, 0.1) is 0 Å². The third-order valence-electron chi connectivity index (χ3n) is 4.23. The van der Waals surface area contributed by atoms with Crippen LogP contribution >= 0.6 is 11.3 Å². The Morgan fingerprint density at radius 3 is 2.58 bits per heavy atom. The fraction of sp³-hybridized carbons (Fsp3) is 0.381. The number of aromatic nitrogens is 3. The highest BCUT2D eigenvalue weighted by Gasteiger charge is 2.24. The monoisotopic (exact) mass is 494 g/mol. The molecule has 0 saturated carbocycles. The minimum atomic E-state index is -3.87. The number of thiazole rings is 1. The van der Waals surface area contributed by atoms with E-state index in [9.17, 15) is 13.2 Å². The largest absolute Gasteiger partial charge is 0.497 e. The number of amides is 1. The van der Waals surface area contributed by atoms with Crippen LogP contribution in [0.15, 0.2) is 45.9 Å². The third kappa shape index (κ3) is 6.30. The van der Waals surface area contributed by atoms with Crippen molar-refractivity contribution >= 4 is 27.3 Å². The lowest BCUT2D eigenvalue weighted by molar-refractivity contribution is 0.0523. The zero-order valence-electron chi connectivity index (χ0n) is 19.0. The van der Waals surface area contributed by atoms with Gasteiger partial charge < -0.3 is 19.5 Å². The van der Waals surface area contributed by atoms with Crippen LogP contribution in [0.3, 0.4) is 0 Å². The van der Waals surface area contributed by atoms with Crippen molar-refractivity contribution in [3.05, 3.63) is 41.8 Å². The van der Waals surface area contributed by atoms with Crippen molar-refractivity contribution in [2.24, 2.45) is 0 Å². The quantitative estimate of drug-likeness (QED) is 0.505. The van der Waals surface area contributed by atoms with Gasteiger partial charge in [-0.05, 0) is 44.5 Å². The van der Waals surface area contributed by atoms with Crippen molar-refractivity contribution in [2.45, 2.75) is 48.8 Å². The highest BCUT2D eigenvalue weighted by molar-refractivity contribution is 7.93. The van der Waals surface area contributed by atoms with Crippen LogP contribution in [-0.2, 0) is 32.6 Å². The number of methoxy groups -OCH3 is 2. The van der Waals surface area contributed by atoms with Crippen LogP contribution < -0.4 is 10.1 Å². The Hall–Kier alpha value is -2.96. The van der Waals surface area contributed by atoms with Gasteiger partial charge in [0.2, 0.25) is 9.84 Å². The van der Waals surface area contributed by atoms with Gasteiger partial charge in [-0.15, -0.1) is 11.3 Å². The number of benzene rings is 1. The molecule has 12 heteroatoms. The van der Waals surface area contributed by atoms with E-state index in [0.717, 1.165) is 11.3 Å².